The monoisotopic (exact) mass is 426 g/mol. The Morgan fingerprint density at radius 2 is 1.10 bits per heavy atom. The number of hydrogen-bond acceptors (Lipinski definition) is 8. The summed E-state index contributed by atoms with van der Waals surface area (Å²) in [4.78, 5) is 5.12. The first-order valence-electron chi connectivity index (χ1n) is 11.6. The molecule has 0 radical (unpaired) electrons. The minimum atomic E-state index is -0.416. The third-order valence-corrected chi connectivity index (χ3v) is 5.34. The number of nitrogens with one attached hydrogen (secondary N) is 2. The minimum absolute atomic E-state index is 0.321. The number of aliphatic hydroxyl groups is 2. The van der Waals surface area contributed by atoms with Gasteiger partial charge in [-0.15, -0.1) is 0 Å². The average molecular weight is 427 g/mol. The summed E-state index contributed by atoms with van der Waals surface area (Å²) >= 11 is 0. The third kappa shape index (κ3) is 15.0. The maximum Gasteiger partial charge on any atom is 0.0696 e. The molecule has 1 rings (SSSR count). The number of aliphatic hydroxyl groups excluding tert-OH is 2. The first kappa shape index (κ1) is 27.2. The van der Waals surface area contributed by atoms with Gasteiger partial charge in [-0.1, -0.05) is 24.3 Å². The lowest BCUT2D eigenvalue weighted by Crippen LogP contribution is -2.47. The van der Waals surface area contributed by atoms with Crippen molar-refractivity contribution in [3.63, 3.8) is 0 Å². The van der Waals surface area contributed by atoms with Crippen molar-refractivity contribution in [2.75, 3.05) is 78.5 Å². The van der Waals surface area contributed by atoms with E-state index in [0.29, 0.717) is 25.9 Å². The fourth-order valence-corrected chi connectivity index (χ4v) is 3.33. The van der Waals surface area contributed by atoms with Gasteiger partial charge < -0.3 is 42.1 Å². The van der Waals surface area contributed by atoms with Crippen molar-refractivity contribution in [3.8, 4) is 0 Å². The van der Waals surface area contributed by atoms with Gasteiger partial charge in [0.2, 0.25) is 0 Å². The van der Waals surface area contributed by atoms with Crippen molar-refractivity contribution in [1.82, 2.24) is 20.4 Å². The van der Waals surface area contributed by atoms with Crippen LogP contribution in [-0.2, 0) is 0 Å². The van der Waals surface area contributed by atoms with Crippen LogP contribution in [0.4, 0.5) is 0 Å². The van der Waals surface area contributed by atoms with E-state index in [1.165, 1.54) is 12.8 Å². The molecule has 30 heavy (non-hydrogen) atoms. The fraction of sp³-hybridized carbons (Fsp3) is 0.818. The summed E-state index contributed by atoms with van der Waals surface area (Å²) in [6, 6.07) is 0. The summed E-state index contributed by atoms with van der Waals surface area (Å²) in [5, 5.41) is 25.6. The third-order valence-electron chi connectivity index (χ3n) is 5.34. The van der Waals surface area contributed by atoms with Crippen LogP contribution in [0.1, 0.15) is 25.7 Å². The van der Waals surface area contributed by atoms with Gasteiger partial charge in [0.15, 0.2) is 0 Å². The second kappa shape index (κ2) is 18.9. The van der Waals surface area contributed by atoms with Crippen LogP contribution >= 0.6 is 0 Å². The second-order valence-electron chi connectivity index (χ2n) is 7.99. The first-order valence-corrected chi connectivity index (χ1v) is 11.6. The van der Waals surface area contributed by atoms with Gasteiger partial charge >= 0.3 is 0 Å². The summed E-state index contributed by atoms with van der Waals surface area (Å²) in [5.41, 5.74) is 10.7. The number of nitrogens with zero attached hydrogens (tertiary/aromatic N) is 2. The Hall–Kier alpha value is -0.840. The normalized spacial score (nSPS) is 18.5. The molecule has 0 saturated carbocycles. The molecule has 1 fully saturated rings. The number of rotatable bonds is 18. The lowest BCUT2D eigenvalue weighted by Gasteiger charge is -2.34. The molecule has 0 aromatic rings. The van der Waals surface area contributed by atoms with E-state index in [4.69, 9.17) is 11.5 Å². The van der Waals surface area contributed by atoms with E-state index in [9.17, 15) is 10.2 Å². The Labute approximate surface area is 183 Å². The van der Waals surface area contributed by atoms with E-state index < -0.39 is 12.2 Å². The Kier molecular flexibility index (Phi) is 17.1. The van der Waals surface area contributed by atoms with Gasteiger partial charge in [0.1, 0.15) is 0 Å². The highest BCUT2D eigenvalue weighted by atomic mass is 16.3. The molecular weight excluding hydrogens is 380 g/mol. The molecule has 0 aromatic heterocycles. The van der Waals surface area contributed by atoms with Crippen molar-refractivity contribution in [2.45, 2.75) is 37.9 Å². The van der Waals surface area contributed by atoms with Crippen LogP contribution in [0.3, 0.4) is 0 Å². The smallest absolute Gasteiger partial charge is 0.0696 e. The lowest BCUT2D eigenvalue weighted by molar-refractivity contribution is 0.130. The molecule has 0 spiro atoms. The molecule has 0 amide bonds. The van der Waals surface area contributed by atoms with E-state index in [1.54, 1.807) is 0 Å². The average Bonchev–Trinajstić information content (AvgIpc) is 2.77. The molecule has 0 aromatic carbocycles. The van der Waals surface area contributed by atoms with Crippen molar-refractivity contribution < 1.29 is 10.2 Å². The van der Waals surface area contributed by atoms with Gasteiger partial charge in [-0.2, -0.15) is 0 Å². The summed E-state index contributed by atoms with van der Waals surface area (Å²) in [6.45, 7) is 11.4. The Bertz CT molecular complexity index is 401. The van der Waals surface area contributed by atoms with Crippen molar-refractivity contribution in [3.05, 3.63) is 24.3 Å². The molecule has 1 aliphatic heterocycles. The number of piperazine rings is 1. The fourth-order valence-electron chi connectivity index (χ4n) is 3.33. The molecule has 8 N–H and O–H groups in total. The summed E-state index contributed by atoms with van der Waals surface area (Å²) in [6.07, 6.45) is 10.9. The van der Waals surface area contributed by atoms with Gasteiger partial charge in [0.25, 0.3) is 0 Å². The topological polar surface area (TPSA) is 123 Å². The second-order valence-corrected chi connectivity index (χ2v) is 7.99. The van der Waals surface area contributed by atoms with Crippen LogP contribution < -0.4 is 22.1 Å². The summed E-state index contributed by atoms with van der Waals surface area (Å²) in [7, 11) is 0. The molecular formula is C22H46N6O2. The van der Waals surface area contributed by atoms with Crippen LogP contribution in [0.5, 0.6) is 0 Å². The molecule has 0 aliphatic carbocycles. The highest BCUT2D eigenvalue weighted by Crippen LogP contribution is 2.03. The number of nitrogens with two attached hydrogens (primary N) is 2. The van der Waals surface area contributed by atoms with Gasteiger partial charge in [-0.05, 0) is 51.9 Å². The predicted molar refractivity (Wildman–Crippen MR) is 125 cm³/mol. The maximum absolute atomic E-state index is 9.36. The van der Waals surface area contributed by atoms with E-state index in [1.807, 2.05) is 12.2 Å². The standard InChI is InChI=1S/C22H46N6O2/c23-19-21(29)7-1-3-9-25-11-5-13-27-15-17-28(18-16-27)14-6-12-26-10-4-2-8-22(30)20-24/h1-4,21-22,25-26,29-30H,5-20,23-24H2. The van der Waals surface area contributed by atoms with E-state index in [0.717, 1.165) is 65.4 Å². The Morgan fingerprint density at radius 1 is 0.700 bits per heavy atom. The molecule has 2 atom stereocenters. The van der Waals surface area contributed by atoms with Crippen molar-refractivity contribution in [1.29, 1.82) is 0 Å². The molecule has 0 bridgehead atoms. The van der Waals surface area contributed by atoms with Gasteiger partial charge in [0, 0.05) is 52.4 Å². The largest absolute Gasteiger partial charge is 0.391 e. The highest BCUT2D eigenvalue weighted by Gasteiger charge is 2.15. The van der Waals surface area contributed by atoms with Gasteiger partial charge in [-0.25, -0.2) is 0 Å². The molecule has 176 valence electrons. The SMILES string of the molecule is NCC(O)CC=CCNCCCN1CCN(CCCNCC=CCC(O)CN)CC1. The lowest BCUT2D eigenvalue weighted by atomic mass is 10.2. The zero-order chi connectivity index (χ0) is 21.9. The molecule has 1 saturated heterocycles. The summed E-state index contributed by atoms with van der Waals surface area (Å²) < 4.78 is 0. The minimum Gasteiger partial charge on any atom is -0.391 e. The zero-order valence-corrected chi connectivity index (χ0v) is 18.7. The van der Waals surface area contributed by atoms with Crippen LogP contribution in [0, 0.1) is 0 Å². The number of hydrogen-bond donors (Lipinski definition) is 6. The Balaban J connectivity index is 1.90. The highest BCUT2D eigenvalue weighted by molar-refractivity contribution is 4.87. The maximum atomic E-state index is 9.36. The Morgan fingerprint density at radius 3 is 1.47 bits per heavy atom. The predicted octanol–water partition coefficient (Wildman–Crippen LogP) is -0.905. The van der Waals surface area contributed by atoms with Crippen molar-refractivity contribution >= 4 is 0 Å². The van der Waals surface area contributed by atoms with E-state index in [-0.39, 0.29) is 0 Å². The summed E-state index contributed by atoms with van der Waals surface area (Å²) in [5.74, 6) is 0. The molecule has 1 aliphatic rings. The van der Waals surface area contributed by atoms with Crippen LogP contribution in [0.15, 0.2) is 24.3 Å². The zero-order valence-electron chi connectivity index (χ0n) is 18.7. The van der Waals surface area contributed by atoms with E-state index >= 15 is 0 Å². The molecule has 2 unspecified atom stereocenters. The van der Waals surface area contributed by atoms with Crippen LogP contribution in [-0.4, -0.2) is 111 Å². The quantitative estimate of drug-likeness (QED) is 0.123. The van der Waals surface area contributed by atoms with Crippen molar-refractivity contribution in [2.24, 2.45) is 11.5 Å². The van der Waals surface area contributed by atoms with E-state index in [2.05, 4.69) is 32.6 Å². The van der Waals surface area contributed by atoms with Crippen LogP contribution in [0.25, 0.3) is 0 Å². The molecule has 8 nitrogen and oxygen atoms in total. The van der Waals surface area contributed by atoms with Gasteiger partial charge in [-0.3, -0.25) is 0 Å². The van der Waals surface area contributed by atoms with Gasteiger partial charge in [0.05, 0.1) is 12.2 Å². The van der Waals surface area contributed by atoms with Crippen LogP contribution in [0.2, 0.25) is 0 Å². The molecule has 1 heterocycles. The molecule has 8 heteroatoms. The first-order chi connectivity index (χ1) is 14.7.